The van der Waals surface area contributed by atoms with E-state index < -0.39 is 0 Å². The van der Waals surface area contributed by atoms with Crippen LogP contribution in [0.1, 0.15) is 49.9 Å². The van der Waals surface area contributed by atoms with Crippen LogP contribution in [0.2, 0.25) is 0 Å². The van der Waals surface area contributed by atoms with Crippen molar-refractivity contribution < 1.29 is 9.18 Å². The highest BCUT2D eigenvalue weighted by atomic mass is 32.1. The number of amides is 1. The molecule has 41 heavy (non-hydrogen) atoms. The molecule has 1 aromatic carbocycles. The first kappa shape index (κ1) is 25.5. The first-order valence-electron chi connectivity index (χ1n) is 13.9. The van der Waals surface area contributed by atoms with Crippen molar-refractivity contribution in [3.63, 3.8) is 0 Å². The Morgan fingerprint density at radius 1 is 1.05 bits per heavy atom. The van der Waals surface area contributed by atoms with Crippen molar-refractivity contribution in [3.8, 4) is 21.7 Å². The largest absolute Gasteiger partial charge is 0.364 e. The summed E-state index contributed by atoms with van der Waals surface area (Å²) in [5.41, 5.74) is 7.07. The number of hydrogen-bond donors (Lipinski definition) is 3. The monoisotopic (exact) mass is 565 g/mol. The minimum absolute atomic E-state index is 0.0300. The van der Waals surface area contributed by atoms with E-state index in [1.807, 2.05) is 30.3 Å². The van der Waals surface area contributed by atoms with E-state index in [9.17, 15) is 9.18 Å². The zero-order valence-electron chi connectivity index (χ0n) is 22.3. The topological polar surface area (TPSA) is 108 Å². The number of thiophene rings is 1. The number of fused-ring (bicyclic) bond motifs is 2. The van der Waals surface area contributed by atoms with Crippen molar-refractivity contribution in [3.05, 3.63) is 77.6 Å². The maximum absolute atomic E-state index is 13.8. The van der Waals surface area contributed by atoms with Crippen LogP contribution in [0.25, 0.3) is 32.7 Å². The number of H-pyrrole nitrogens is 1. The molecule has 0 saturated heterocycles. The van der Waals surface area contributed by atoms with Crippen LogP contribution in [0, 0.1) is 11.0 Å². The second kappa shape index (κ2) is 10.9. The molecule has 1 fully saturated rings. The minimum Gasteiger partial charge on any atom is -0.364 e. The van der Waals surface area contributed by atoms with E-state index in [0.717, 1.165) is 62.5 Å². The highest BCUT2D eigenvalue weighted by Crippen LogP contribution is 2.34. The van der Waals surface area contributed by atoms with Gasteiger partial charge in [-0.3, -0.25) is 19.8 Å². The van der Waals surface area contributed by atoms with Crippen LogP contribution in [-0.2, 0) is 4.79 Å². The molecular weight excluding hydrogens is 537 g/mol. The van der Waals surface area contributed by atoms with Crippen LogP contribution >= 0.6 is 11.3 Å². The zero-order chi connectivity index (χ0) is 27.8. The zero-order valence-corrected chi connectivity index (χ0v) is 23.1. The molecule has 0 atom stereocenters. The molecule has 1 aliphatic carbocycles. The first-order valence-corrected chi connectivity index (χ1v) is 14.7. The number of hydrogen-bond acceptors (Lipinski definition) is 7. The summed E-state index contributed by atoms with van der Waals surface area (Å²) in [6, 6.07) is 13.0. The van der Waals surface area contributed by atoms with Crippen LogP contribution in [0.4, 0.5) is 15.8 Å². The van der Waals surface area contributed by atoms with Crippen LogP contribution in [0.15, 0.2) is 66.0 Å². The molecule has 1 aliphatic heterocycles. The number of benzene rings is 1. The van der Waals surface area contributed by atoms with Gasteiger partial charge in [0.1, 0.15) is 12.4 Å². The van der Waals surface area contributed by atoms with E-state index in [2.05, 4.69) is 25.6 Å². The number of aliphatic imine (C=N–C) groups is 1. The molecule has 7 rings (SSSR count). The van der Waals surface area contributed by atoms with Crippen molar-refractivity contribution in [2.75, 3.05) is 17.3 Å². The van der Waals surface area contributed by atoms with Crippen molar-refractivity contribution in [1.29, 1.82) is 0 Å². The maximum Gasteiger partial charge on any atom is 0.224 e. The molecule has 0 bridgehead atoms. The second-order valence-electron chi connectivity index (χ2n) is 10.6. The quantitative estimate of drug-likeness (QED) is 0.205. The Morgan fingerprint density at radius 2 is 1.95 bits per heavy atom. The molecule has 1 amide bonds. The molecule has 4 aromatic heterocycles. The average molecular weight is 566 g/mol. The Labute approximate surface area is 240 Å². The summed E-state index contributed by atoms with van der Waals surface area (Å²) in [4.78, 5) is 35.6. The third-order valence-corrected chi connectivity index (χ3v) is 8.67. The van der Waals surface area contributed by atoms with E-state index in [0.29, 0.717) is 41.9 Å². The third-order valence-electron chi connectivity index (χ3n) is 7.76. The van der Waals surface area contributed by atoms with Gasteiger partial charge in [-0.25, -0.2) is 4.98 Å². The lowest BCUT2D eigenvalue weighted by Crippen LogP contribution is -2.18. The smallest absolute Gasteiger partial charge is 0.224 e. The number of pyridine rings is 2. The minimum atomic E-state index is -0.230. The van der Waals surface area contributed by atoms with E-state index in [1.165, 1.54) is 25.3 Å². The number of imidazole rings is 1. The van der Waals surface area contributed by atoms with Crippen molar-refractivity contribution in [1.82, 2.24) is 19.9 Å². The lowest BCUT2D eigenvalue weighted by molar-refractivity contribution is -0.117. The number of halogens is 1. The van der Waals surface area contributed by atoms with E-state index in [1.54, 1.807) is 24.7 Å². The van der Waals surface area contributed by atoms with Gasteiger partial charge in [0.25, 0.3) is 0 Å². The number of para-hydroxylation sites is 1. The first-order chi connectivity index (χ1) is 20.1. The molecule has 2 aliphatic rings. The van der Waals surface area contributed by atoms with Gasteiger partial charge in [-0.2, -0.15) is 4.39 Å². The summed E-state index contributed by atoms with van der Waals surface area (Å²) in [5, 5.41) is 6.09. The molecular formula is C31H28FN7OS. The summed E-state index contributed by atoms with van der Waals surface area (Å²) >= 11 is 1.10. The third kappa shape index (κ3) is 5.22. The molecule has 0 unspecified atom stereocenters. The van der Waals surface area contributed by atoms with Crippen LogP contribution in [0.5, 0.6) is 0 Å². The molecule has 8 nitrogen and oxygen atoms in total. The number of carbonyl (C=O) groups is 1. The summed E-state index contributed by atoms with van der Waals surface area (Å²) in [7, 11) is 0. The highest BCUT2D eigenvalue weighted by molar-refractivity contribution is 7.14. The van der Waals surface area contributed by atoms with Crippen LogP contribution in [0.3, 0.4) is 0 Å². The SMILES string of the molecule is O=C(CC1CCCCC1)Nc1cncc(-c2cc3c(cn2)NCN=C3c2nc3c(-c4ccc(F)s4)cccc3[nH]2)c1. The molecule has 5 heterocycles. The Balaban J connectivity index is 1.17. The van der Waals surface area contributed by atoms with Gasteiger partial charge in [0.05, 0.1) is 40.5 Å². The normalized spacial score (nSPS) is 15.3. The number of aromatic nitrogens is 4. The summed E-state index contributed by atoms with van der Waals surface area (Å²) in [5.74, 6) is 1.13. The molecule has 206 valence electrons. The van der Waals surface area contributed by atoms with Gasteiger partial charge in [-0.15, -0.1) is 11.3 Å². The Hall–Kier alpha value is -4.44. The summed E-state index contributed by atoms with van der Waals surface area (Å²) < 4.78 is 13.8. The average Bonchev–Trinajstić information content (AvgIpc) is 3.63. The molecule has 0 spiro atoms. The standard InChI is InChI=1S/C31H28FN7OS/c32-27-10-9-26(41-27)21-7-4-8-23-29(21)39-31(38-23)30-22-13-24(34-16-25(22)35-17-36-30)19-12-20(15-33-14-19)37-28(40)11-18-5-2-1-3-6-18/h4,7-10,12-16,18,35H,1-3,5-6,11,17H2,(H,37,40)(H,38,39). The number of aromatic amines is 1. The number of carbonyl (C=O) groups excluding carboxylic acids is 1. The molecule has 3 N–H and O–H groups in total. The fourth-order valence-corrected chi connectivity index (χ4v) is 6.51. The fourth-order valence-electron chi connectivity index (χ4n) is 5.76. The van der Waals surface area contributed by atoms with E-state index in [4.69, 9.17) is 9.98 Å². The van der Waals surface area contributed by atoms with Gasteiger partial charge in [0.2, 0.25) is 5.91 Å². The van der Waals surface area contributed by atoms with Crippen molar-refractivity contribution in [2.24, 2.45) is 10.9 Å². The highest BCUT2D eigenvalue weighted by Gasteiger charge is 2.22. The lowest BCUT2D eigenvalue weighted by atomic mass is 9.87. The van der Waals surface area contributed by atoms with Crippen LogP contribution < -0.4 is 10.6 Å². The second-order valence-corrected chi connectivity index (χ2v) is 11.6. The molecule has 5 aromatic rings. The van der Waals surface area contributed by atoms with E-state index >= 15 is 0 Å². The molecule has 0 radical (unpaired) electrons. The van der Waals surface area contributed by atoms with Gasteiger partial charge in [0.15, 0.2) is 11.0 Å². The number of nitrogens with zero attached hydrogens (tertiary/aromatic N) is 4. The number of anilines is 2. The van der Waals surface area contributed by atoms with Gasteiger partial charge < -0.3 is 15.6 Å². The molecule has 1 saturated carbocycles. The van der Waals surface area contributed by atoms with Gasteiger partial charge >= 0.3 is 0 Å². The van der Waals surface area contributed by atoms with Crippen molar-refractivity contribution in [2.45, 2.75) is 38.5 Å². The van der Waals surface area contributed by atoms with Gasteiger partial charge in [-0.05, 0) is 49.1 Å². The summed E-state index contributed by atoms with van der Waals surface area (Å²) in [6.07, 6.45) is 11.7. The Kier molecular flexibility index (Phi) is 6.76. The number of nitrogens with one attached hydrogen (secondary N) is 3. The van der Waals surface area contributed by atoms with E-state index in [-0.39, 0.29) is 11.0 Å². The van der Waals surface area contributed by atoms with Gasteiger partial charge in [0, 0.05) is 34.2 Å². The predicted octanol–water partition coefficient (Wildman–Crippen LogP) is 7.02. The predicted molar refractivity (Wildman–Crippen MR) is 161 cm³/mol. The fraction of sp³-hybridized carbons (Fsp3) is 0.258. The molecule has 10 heteroatoms. The maximum atomic E-state index is 13.8. The number of rotatable bonds is 6. The Morgan fingerprint density at radius 3 is 2.80 bits per heavy atom. The van der Waals surface area contributed by atoms with Crippen LogP contribution in [-0.4, -0.2) is 38.2 Å². The van der Waals surface area contributed by atoms with Gasteiger partial charge in [-0.1, -0.05) is 31.4 Å². The lowest BCUT2D eigenvalue weighted by Gasteiger charge is -2.20. The Bertz CT molecular complexity index is 1790. The summed E-state index contributed by atoms with van der Waals surface area (Å²) in [6.45, 7) is 0.396. The van der Waals surface area contributed by atoms with Crippen molar-refractivity contribution >= 4 is 45.4 Å².